The highest BCUT2D eigenvalue weighted by Crippen LogP contribution is 2.36. The number of nitrogens with zero attached hydrogens (tertiary/aromatic N) is 2. The van der Waals surface area contributed by atoms with Crippen LogP contribution in [0.25, 0.3) is 6.08 Å². The molecule has 0 aromatic heterocycles. The number of hydrogen-bond acceptors (Lipinski definition) is 6. The molecule has 6 nitrogen and oxygen atoms in total. The van der Waals surface area contributed by atoms with Crippen LogP contribution in [0.3, 0.4) is 0 Å². The first-order valence-electron chi connectivity index (χ1n) is 8.02. The summed E-state index contributed by atoms with van der Waals surface area (Å²) < 4.78 is 10.5. The maximum Gasteiger partial charge on any atom is 0.293 e. The average Bonchev–Trinajstić information content (AvgIpc) is 2.96. The first-order chi connectivity index (χ1) is 13.1. The van der Waals surface area contributed by atoms with Crippen LogP contribution in [0.15, 0.2) is 47.4 Å². The van der Waals surface area contributed by atoms with Crippen molar-refractivity contribution in [2.75, 3.05) is 14.2 Å². The Morgan fingerprint density at radius 3 is 2.63 bits per heavy atom. The Hall–Kier alpha value is -3.24. The van der Waals surface area contributed by atoms with Crippen LogP contribution in [0.1, 0.15) is 16.7 Å². The first kappa shape index (κ1) is 18.5. The summed E-state index contributed by atoms with van der Waals surface area (Å²) in [7, 11) is 3.08. The van der Waals surface area contributed by atoms with Crippen LogP contribution in [0, 0.1) is 11.3 Å². The van der Waals surface area contributed by atoms with Crippen molar-refractivity contribution < 1.29 is 19.1 Å². The van der Waals surface area contributed by atoms with Gasteiger partial charge < -0.3 is 9.47 Å². The molecule has 1 saturated heterocycles. The average molecular weight is 380 g/mol. The minimum absolute atomic E-state index is 0.0610. The van der Waals surface area contributed by atoms with Gasteiger partial charge in [0.1, 0.15) is 11.5 Å². The first-order valence-corrected chi connectivity index (χ1v) is 8.84. The molecule has 3 rings (SSSR count). The molecule has 0 radical (unpaired) electrons. The molecule has 0 bridgehead atoms. The number of rotatable bonds is 5. The van der Waals surface area contributed by atoms with Gasteiger partial charge in [-0.3, -0.25) is 14.5 Å². The molecule has 0 saturated carbocycles. The van der Waals surface area contributed by atoms with Gasteiger partial charge in [-0.2, -0.15) is 5.26 Å². The van der Waals surface area contributed by atoms with Crippen LogP contribution in [0.5, 0.6) is 11.5 Å². The standard InChI is InChI=1S/C20H16N2O4S/c1-25-16-8-7-13(17(10-16)26-2)9-18-19(23)22(20(24)27-18)12-15-6-4-3-5-14(15)11-21/h3-10H,12H2,1-2H3/b18-9+. The molecule has 0 N–H and O–H groups in total. The summed E-state index contributed by atoms with van der Waals surface area (Å²) in [6.07, 6.45) is 1.62. The zero-order chi connectivity index (χ0) is 19.4. The summed E-state index contributed by atoms with van der Waals surface area (Å²) >= 11 is 0.867. The van der Waals surface area contributed by atoms with E-state index in [1.165, 1.54) is 7.11 Å². The third-order valence-electron chi connectivity index (χ3n) is 4.07. The van der Waals surface area contributed by atoms with Crippen molar-refractivity contribution in [2.45, 2.75) is 6.54 Å². The van der Waals surface area contributed by atoms with Crippen LogP contribution in [0.4, 0.5) is 4.79 Å². The highest BCUT2D eigenvalue weighted by atomic mass is 32.2. The van der Waals surface area contributed by atoms with E-state index in [9.17, 15) is 14.9 Å². The van der Waals surface area contributed by atoms with Gasteiger partial charge >= 0.3 is 0 Å². The molecule has 1 heterocycles. The number of imide groups is 1. The van der Waals surface area contributed by atoms with Crippen molar-refractivity contribution in [3.63, 3.8) is 0 Å². The lowest BCUT2D eigenvalue weighted by molar-refractivity contribution is -0.123. The highest BCUT2D eigenvalue weighted by Gasteiger charge is 2.35. The molecule has 136 valence electrons. The normalized spacial score (nSPS) is 15.1. The van der Waals surface area contributed by atoms with E-state index in [4.69, 9.17) is 9.47 Å². The molecule has 1 aliphatic rings. The van der Waals surface area contributed by atoms with Gasteiger partial charge in [0.2, 0.25) is 0 Å². The third kappa shape index (κ3) is 3.81. The van der Waals surface area contributed by atoms with Gasteiger partial charge in [0.25, 0.3) is 11.1 Å². The van der Waals surface area contributed by atoms with Gasteiger partial charge in [-0.05, 0) is 41.6 Å². The van der Waals surface area contributed by atoms with E-state index in [1.807, 2.05) is 0 Å². The lowest BCUT2D eigenvalue weighted by Crippen LogP contribution is -2.27. The Morgan fingerprint density at radius 1 is 1.15 bits per heavy atom. The highest BCUT2D eigenvalue weighted by molar-refractivity contribution is 8.18. The van der Waals surface area contributed by atoms with Crippen molar-refractivity contribution in [2.24, 2.45) is 0 Å². The Bertz CT molecular complexity index is 978. The van der Waals surface area contributed by atoms with Gasteiger partial charge in [0.05, 0.1) is 37.3 Å². The second kappa shape index (κ2) is 7.98. The number of benzene rings is 2. The molecule has 1 aliphatic heterocycles. The van der Waals surface area contributed by atoms with Crippen LogP contribution in [-0.2, 0) is 11.3 Å². The lowest BCUT2D eigenvalue weighted by atomic mass is 10.1. The molecule has 2 amide bonds. The zero-order valence-corrected chi connectivity index (χ0v) is 15.6. The quantitative estimate of drug-likeness (QED) is 0.734. The number of amides is 2. The fourth-order valence-corrected chi connectivity index (χ4v) is 3.48. The van der Waals surface area contributed by atoms with Gasteiger partial charge in [-0.1, -0.05) is 18.2 Å². The summed E-state index contributed by atoms with van der Waals surface area (Å²) in [5, 5.41) is 8.82. The molecule has 0 aliphatic carbocycles. The van der Waals surface area contributed by atoms with E-state index in [0.29, 0.717) is 33.1 Å². The third-order valence-corrected chi connectivity index (χ3v) is 4.97. The Balaban J connectivity index is 1.88. The molecule has 2 aromatic rings. The smallest absolute Gasteiger partial charge is 0.293 e. The summed E-state index contributed by atoms with van der Waals surface area (Å²) in [4.78, 5) is 26.5. The molecule has 1 fully saturated rings. The number of carbonyl (C=O) groups excluding carboxylic acids is 2. The minimum atomic E-state index is -0.393. The topological polar surface area (TPSA) is 79.6 Å². The summed E-state index contributed by atoms with van der Waals surface area (Å²) in [5.41, 5.74) is 1.74. The van der Waals surface area contributed by atoms with E-state index in [0.717, 1.165) is 16.7 Å². The van der Waals surface area contributed by atoms with Crippen LogP contribution in [0.2, 0.25) is 0 Å². The number of methoxy groups -OCH3 is 2. The molecular formula is C20H16N2O4S. The summed E-state index contributed by atoms with van der Waals surface area (Å²) in [6, 6.07) is 14.2. The predicted molar refractivity (Wildman–Crippen MR) is 102 cm³/mol. The number of nitriles is 1. The fraction of sp³-hybridized carbons (Fsp3) is 0.150. The number of hydrogen-bond donors (Lipinski definition) is 0. The maximum absolute atomic E-state index is 12.7. The molecule has 0 atom stereocenters. The maximum atomic E-state index is 12.7. The molecule has 2 aromatic carbocycles. The van der Waals surface area contributed by atoms with Gasteiger partial charge in [-0.25, -0.2) is 0 Å². The monoisotopic (exact) mass is 380 g/mol. The van der Waals surface area contributed by atoms with Crippen LogP contribution >= 0.6 is 11.8 Å². The van der Waals surface area contributed by atoms with Crippen LogP contribution < -0.4 is 9.47 Å². The van der Waals surface area contributed by atoms with Crippen molar-refractivity contribution in [3.8, 4) is 17.6 Å². The molecule has 27 heavy (non-hydrogen) atoms. The second-order valence-corrected chi connectivity index (χ2v) is 6.64. The van der Waals surface area contributed by atoms with Crippen molar-refractivity contribution >= 4 is 29.0 Å². The van der Waals surface area contributed by atoms with E-state index in [-0.39, 0.29) is 11.8 Å². The Labute approximate surface area is 161 Å². The summed E-state index contributed by atoms with van der Waals surface area (Å²) in [5.74, 6) is 0.775. The zero-order valence-electron chi connectivity index (χ0n) is 14.8. The fourth-order valence-electron chi connectivity index (χ4n) is 2.65. The van der Waals surface area contributed by atoms with Crippen molar-refractivity contribution in [1.82, 2.24) is 4.90 Å². The molecule has 7 heteroatoms. The van der Waals surface area contributed by atoms with Crippen LogP contribution in [-0.4, -0.2) is 30.3 Å². The Morgan fingerprint density at radius 2 is 1.93 bits per heavy atom. The largest absolute Gasteiger partial charge is 0.497 e. The molecule has 0 unspecified atom stereocenters. The molecular weight excluding hydrogens is 364 g/mol. The van der Waals surface area contributed by atoms with E-state index in [1.54, 1.807) is 55.7 Å². The van der Waals surface area contributed by atoms with Crippen molar-refractivity contribution in [1.29, 1.82) is 5.26 Å². The SMILES string of the molecule is COc1ccc(/C=C2/SC(=O)N(Cc3ccccc3C#N)C2=O)c(OC)c1. The number of carbonyl (C=O) groups is 2. The van der Waals surface area contributed by atoms with Gasteiger partial charge in [-0.15, -0.1) is 0 Å². The Kier molecular flexibility index (Phi) is 5.48. The predicted octanol–water partition coefficient (Wildman–Crippen LogP) is 3.81. The summed E-state index contributed by atoms with van der Waals surface area (Å²) in [6.45, 7) is 0.0610. The lowest BCUT2D eigenvalue weighted by Gasteiger charge is -2.13. The van der Waals surface area contributed by atoms with Gasteiger partial charge in [0.15, 0.2) is 0 Å². The minimum Gasteiger partial charge on any atom is -0.497 e. The second-order valence-electron chi connectivity index (χ2n) is 5.64. The van der Waals surface area contributed by atoms with E-state index < -0.39 is 5.91 Å². The number of thioether (sulfide) groups is 1. The number of ether oxygens (including phenoxy) is 2. The van der Waals surface area contributed by atoms with Crippen molar-refractivity contribution in [3.05, 3.63) is 64.1 Å². The van der Waals surface area contributed by atoms with E-state index in [2.05, 4.69) is 6.07 Å². The molecule has 0 spiro atoms. The van der Waals surface area contributed by atoms with E-state index >= 15 is 0 Å². The van der Waals surface area contributed by atoms with Gasteiger partial charge in [0, 0.05) is 11.6 Å².